The van der Waals surface area contributed by atoms with Crippen LogP contribution in [0.4, 0.5) is 34.1 Å². The molecule has 0 atom stereocenters. The Morgan fingerprint density at radius 2 is 0.420 bits per heavy atom. The number of benzene rings is 13. The van der Waals surface area contributed by atoms with Crippen LogP contribution < -0.4 is 26.2 Å². The number of nitrogens with zero attached hydrogens (tertiary/aromatic N) is 2. The quantitative estimate of drug-likeness (QED) is 0.126. The van der Waals surface area contributed by atoms with E-state index in [4.69, 9.17) is 0 Å². The van der Waals surface area contributed by atoms with Crippen LogP contribution in [0.3, 0.4) is 0 Å². The number of hydrogen-bond acceptors (Lipinski definition) is 2. The van der Waals surface area contributed by atoms with Gasteiger partial charge in [0.2, 0.25) is 0 Å². The molecule has 2 aliphatic heterocycles. The Hall–Kier alpha value is -10.5. The first-order chi connectivity index (χ1) is 40.2. The molecule has 13 aromatic carbocycles. The van der Waals surface area contributed by atoms with Crippen molar-refractivity contribution in [1.29, 1.82) is 0 Å². The second kappa shape index (κ2) is 20.4. The van der Waals surface area contributed by atoms with E-state index >= 15 is 0 Å². The van der Waals surface area contributed by atoms with Crippen molar-refractivity contribution >= 4 is 57.2 Å². The van der Waals surface area contributed by atoms with Gasteiger partial charge in [0.15, 0.2) is 0 Å². The van der Waals surface area contributed by atoms with Crippen LogP contribution in [0, 0.1) is 0 Å². The largest absolute Gasteiger partial charge is 0.310 e. The third-order valence-electron chi connectivity index (χ3n) is 16.4. The van der Waals surface area contributed by atoms with Crippen LogP contribution in [0.5, 0.6) is 0 Å². The summed E-state index contributed by atoms with van der Waals surface area (Å²) < 4.78 is 0. The Bertz CT molecular complexity index is 3990. The Morgan fingerprint density at radius 3 is 0.741 bits per heavy atom. The van der Waals surface area contributed by atoms with E-state index in [2.05, 4.69) is 331 Å². The number of para-hydroxylation sites is 4. The summed E-state index contributed by atoms with van der Waals surface area (Å²) in [6, 6.07) is 118. The molecular formula is C78H53BN2. The fourth-order valence-electron chi connectivity index (χ4n) is 12.8. The van der Waals surface area contributed by atoms with Crippen molar-refractivity contribution in [3.05, 3.63) is 322 Å². The second-order valence-corrected chi connectivity index (χ2v) is 21.1. The summed E-state index contributed by atoms with van der Waals surface area (Å²) in [5.74, 6) is 0. The molecule has 0 unspecified atom stereocenters. The van der Waals surface area contributed by atoms with E-state index in [1.807, 2.05) is 0 Å². The Kier molecular flexibility index (Phi) is 12.0. The minimum atomic E-state index is -0.0621. The lowest BCUT2D eigenvalue weighted by Gasteiger charge is -2.45. The average Bonchev–Trinajstić information content (AvgIpc) is 3.71. The summed E-state index contributed by atoms with van der Waals surface area (Å²) >= 11 is 0. The molecule has 378 valence electrons. The number of rotatable bonds is 10. The molecular weight excluding hydrogens is 976 g/mol. The van der Waals surface area contributed by atoms with E-state index in [0.29, 0.717) is 0 Å². The van der Waals surface area contributed by atoms with E-state index in [9.17, 15) is 0 Å². The van der Waals surface area contributed by atoms with Crippen molar-refractivity contribution in [2.45, 2.75) is 0 Å². The van der Waals surface area contributed by atoms with E-state index in [1.54, 1.807) is 0 Å². The highest BCUT2D eigenvalue weighted by Crippen LogP contribution is 2.53. The van der Waals surface area contributed by atoms with Crippen LogP contribution in [0.1, 0.15) is 0 Å². The van der Waals surface area contributed by atoms with Gasteiger partial charge in [0.1, 0.15) is 0 Å². The molecule has 2 heterocycles. The van der Waals surface area contributed by atoms with Crippen LogP contribution in [0.25, 0.3) is 89.0 Å². The second-order valence-electron chi connectivity index (χ2n) is 21.1. The smallest absolute Gasteiger partial charge is 0.252 e. The van der Waals surface area contributed by atoms with Gasteiger partial charge in [-0.2, -0.15) is 0 Å². The first-order valence-electron chi connectivity index (χ1n) is 28.0. The van der Waals surface area contributed by atoms with E-state index in [1.165, 1.54) is 72.3 Å². The van der Waals surface area contributed by atoms with Crippen molar-refractivity contribution in [1.82, 2.24) is 0 Å². The van der Waals surface area contributed by atoms with Gasteiger partial charge in [-0.05, 0) is 132 Å². The van der Waals surface area contributed by atoms with Crippen molar-refractivity contribution in [2.75, 3.05) is 9.80 Å². The van der Waals surface area contributed by atoms with Crippen molar-refractivity contribution in [2.24, 2.45) is 0 Å². The zero-order chi connectivity index (χ0) is 53.6. The van der Waals surface area contributed by atoms with Gasteiger partial charge in [0.25, 0.3) is 6.71 Å². The monoisotopic (exact) mass is 1030 g/mol. The lowest BCUT2D eigenvalue weighted by molar-refractivity contribution is 1.25. The van der Waals surface area contributed by atoms with Gasteiger partial charge in [-0.15, -0.1) is 0 Å². The maximum absolute atomic E-state index is 2.60. The molecule has 15 rings (SSSR count). The van der Waals surface area contributed by atoms with Crippen LogP contribution in [-0.4, -0.2) is 6.71 Å². The minimum Gasteiger partial charge on any atom is -0.310 e. The lowest BCUT2D eigenvalue weighted by atomic mass is 9.33. The van der Waals surface area contributed by atoms with Gasteiger partial charge >= 0.3 is 0 Å². The van der Waals surface area contributed by atoms with E-state index in [0.717, 1.165) is 67.3 Å². The molecule has 0 saturated carbocycles. The molecule has 0 saturated heterocycles. The van der Waals surface area contributed by atoms with E-state index < -0.39 is 0 Å². The zero-order valence-corrected chi connectivity index (χ0v) is 44.6. The summed E-state index contributed by atoms with van der Waals surface area (Å²) in [4.78, 5) is 5.20. The normalized spacial score (nSPS) is 12.1. The highest BCUT2D eigenvalue weighted by Gasteiger charge is 2.44. The van der Waals surface area contributed by atoms with Crippen molar-refractivity contribution in [3.8, 4) is 89.0 Å². The van der Waals surface area contributed by atoms with Gasteiger partial charge in [0.05, 0.1) is 11.4 Å². The average molecular weight is 1030 g/mol. The maximum Gasteiger partial charge on any atom is 0.252 e. The summed E-state index contributed by atoms with van der Waals surface area (Å²) in [7, 11) is 0. The van der Waals surface area contributed by atoms with Crippen LogP contribution in [0.2, 0.25) is 0 Å². The third kappa shape index (κ3) is 8.46. The molecule has 0 radical (unpaired) electrons. The van der Waals surface area contributed by atoms with Gasteiger partial charge in [-0.3, -0.25) is 0 Å². The van der Waals surface area contributed by atoms with Gasteiger partial charge in [-0.25, -0.2) is 0 Å². The minimum absolute atomic E-state index is 0.0621. The molecule has 81 heavy (non-hydrogen) atoms. The molecule has 0 N–H and O–H groups in total. The third-order valence-corrected chi connectivity index (χ3v) is 16.4. The first kappa shape index (κ1) is 47.7. The van der Waals surface area contributed by atoms with Crippen LogP contribution in [-0.2, 0) is 0 Å². The molecule has 13 aromatic rings. The SMILES string of the molecule is c1ccc(-c2cccc(-c3cccc(-c4cccc(-c5ccccc5)c4)c3N3c4ccccc4B4c5ccccc5N(c5c(-c6cccc(-c7ccccc7)c6)cccc5-c5cccc(-c6ccccc6)c5)c5cccc3c54)c2)cc1. The number of fused-ring (bicyclic) bond motifs is 4. The van der Waals surface area contributed by atoms with Gasteiger partial charge in [-0.1, -0.05) is 273 Å². The topological polar surface area (TPSA) is 6.48 Å². The van der Waals surface area contributed by atoms with Gasteiger partial charge < -0.3 is 9.80 Å². The molecule has 2 nitrogen and oxygen atoms in total. The lowest BCUT2D eigenvalue weighted by Crippen LogP contribution is -2.61. The van der Waals surface area contributed by atoms with Crippen LogP contribution in [0.15, 0.2) is 322 Å². The highest BCUT2D eigenvalue weighted by atomic mass is 15.2. The molecule has 0 amide bonds. The fraction of sp³-hybridized carbons (Fsp3) is 0. The Labute approximate surface area is 474 Å². The Balaban J connectivity index is 1.01. The predicted octanol–water partition coefficient (Wildman–Crippen LogP) is 19.1. The number of hydrogen-bond donors (Lipinski definition) is 0. The summed E-state index contributed by atoms with van der Waals surface area (Å²) in [6.07, 6.45) is 0. The molecule has 0 bridgehead atoms. The zero-order valence-electron chi connectivity index (χ0n) is 44.6. The highest BCUT2D eigenvalue weighted by molar-refractivity contribution is 7.00. The Morgan fingerprint density at radius 1 is 0.185 bits per heavy atom. The predicted molar refractivity (Wildman–Crippen MR) is 344 cm³/mol. The molecule has 0 spiro atoms. The summed E-state index contributed by atoms with van der Waals surface area (Å²) in [5.41, 5.74) is 29.4. The molecule has 0 fully saturated rings. The first-order valence-corrected chi connectivity index (χ1v) is 28.0. The van der Waals surface area contributed by atoms with Crippen molar-refractivity contribution in [3.63, 3.8) is 0 Å². The van der Waals surface area contributed by atoms with Crippen LogP contribution >= 0.6 is 0 Å². The molecule has 0 aromatic heterocycles. The van der Waals surface area contributed by atoms with Gasteiger partial charge in [0, 0.05) is 45.0 Å². The maximum atomic E-state index is 2.60. The number of anilines is 6. The molecule has 2 aliphatic rings. The molecule has 0 aliphatic carbocycles. The van der Waals surface area contributed by atoms with E-state index in [-0.39, 0.29) is 6.71 Å². The molecule has 3 heteroatoms. The summed E-state index contributed by atoms with van der Waals surface area (Å²) in [6.45, 7) is -0.0621. The summed E-state index contributed by atoms with van der Waals surface area (Å²) in [5, 5.41) is 0. The standard InChI is InChI=1S/C78H53BN2/c1-5-24-54(25-6-1)58-32-17-36-62(50-58)66-40-21-41-67(63-37-18-33-59(51-63)55-26-7-2-8-27-55)77(66)80-72-46-15-13-44-70(72)79-71-45-14-16-47-73(71)81(75-49-23-48-74(80)76(75)79)78-68(64-38-19-34-60(52-64)56-28-9-3-10-29-56)42-22-43-69(78)65-39-20-35-61(53-65)57-30-11-4-12-31-57/h1-53H. The fourth-order valence-corrected chi connectivity index (χ4v) is 12.8. The van der Waals surface area contributed by atoms with Crippen molar-refractivity contribution < 1.29 is 0 Å².